The number of rotatable bonds is 14. The second-order valence-electron chi connectivity index (χ2n) is 8.65. The Balaban J connectivity index is 6.05. The lowest BCUT2D eigenvalue weighted by Gasteiger charge is -2.42. The Morgan fingerprint density at radius 2 is 0.974 bits per heavy atom. The first-order chi connectivity index (χ1) is 16.8. The number of nitrogens with zero attached hydrogens (tertiary/aromatic N) is 1. The van der Waals surface area contributed by atoms with E-state index in [1.807, 2.05) is 0 Å². The summed E-state index contributed by atoms with van der Waals surface area (Å²) in [5.74, 6) is -63.0. The van der Waals surface area contributed by atoms with Crippen LogP contribution < -0.4 is 5.32 Å². The maximum absolute atomic E-state index is 13.8. The number of amides is 1. The third-order valence-electron chi connectivity index (χ3n) is 5.16. The minimum absolute atomic E-state index is 0.120. The van der Waals surface area contributed by atoms with Gasteiger partial charge in [-0.05, 0) is 0 Å². The molecular formula is C17H18F17N2O3+. The number of quaternary nitrogens is 1. The maximum atomic E-state index is 13.8. The van der Waals surface area contributed by atoms with Crippen molar-refractivity contribution in [2.24, 2.45) is 0 Å². The van der Waals surface area contributed by atoms with Gasteiger partial charge in [0.1, 0.15) is 0 Å². The summed E-state index contributed by atoms with van der Waals surface area (Å²) in [5.41, 5.74) is 0. The van der Waals surface area contributed by atoms with E-state index in [0.717, 1.165) is 5.32 Å². The lowest BCUT2D eigenvalue weighted by molar-refractivity contribution is -0.889. The average molecular weight is 621 g/mol. The highest BCUT2D eigenvalue weighted by atomic mass is 19.4. The molecule has 0 aromatic carbocycles. The highest BCUT2D eigenvalue weighted by molar-refractivity contribution is 5.84. The third-order valence-corrected chi connectivity index (χ3v) is 5.16. The molecule has 1 amide bonds. The second-order valence-corrected chi connectivity index (χ2v) is 8.65. The Hall–Kier alpha value is -2.29. The molecule has 0 bridgehead atoms. The number of carbonyl (C=O) groups is 2. The van der Waals surface area contributed by atoms with Crippen LogP contribution in [0.25, 0.3) is 0 Å². The van der Waals surface area contributed by atoms with Crippen LogP contribution in [-0.2, 0) is 9.59 Å². The van der Waals surface area contributed by atoms with Crippen LogP contribution in [0, 0.1) is 0 Å². The Morgan fingerprint density at radius 3 is 1.33 bits per heavy atom. The van der Waals surface area contributed by atoms with Crippen molar-refractivity contribution >= 4 is 11.9 Å². The van der Waals surface area contributed by atoms with Crippen LogP contribution in [0.4, 0.5) is 74.6 Å². The van der Waals surface area contributed by atoms with Crippen LogP contribution >= 0.6 is 0 Å². The molecule has 2 N–H and O–H groups in total. The molecule has 0 aromatic rings. The van der Waals surface area contributed by atoms with Crippen LogP contribution in [0.1, 0.15) is 12.8 Å². The summed E-state index contributed by atoms with van der Waals surface area (Å²) in [6.07, 6.45) is -8.80. The van der Waals surface area contributed by atoms with Gasteiger partial charge in [0.25, 0.3) is 5.91 Å². The summed E-state index contributed by atoms with van der Waals surface area (Å²) in [6, 6.07) is 0. The molecule has 5 nitrogen and oxygen atoms in total. The van der Waals surface area contributed by atoms with Gasteiger partial charge in [-0.2, -0.15) is 74.6 Å². The van der Waals surface area contributed by atoms with Gasteiger partial charge in [-0.25, -0.2) is 0 Å². The number of carboxylic acids is 1. The number of carboxylic acid groups (broad SMARTS) is 1. The molecule has 0 atom stereocenters. The number of alkyl halides is 17. The van der Waals surface area contributed by atoms with Gasteiger partial charge in [0.05, 0.1) is 33.6 Å². The summed E-state index contributed by atoms with van der Waals surface area (Å²) >= 11 is 0. The van der Waals surface area contributed by atoms with E-state index in [-0.39, 0.29) is 17.6 Å². The molecule has 0 spiro atoms. The second kappa shape index (κ2) is 10.6. The van der Waals surface area contributed by atoms with Crippen molar-refractivity contribution in [3.63, 3.8) is 0 Å². The smallest absolute Gasteiger partial charge is 0.460 e. The standard InChI is InChI=1S/C17H17F17N2O3/c1-36(2,7-4-8(37)38)6-3-5-35-9(39)10(18,19)11(20,21)12(22,23)13(24,25)14(26,27)15(28,29)16(30,31)17(32,33)34/h3-7H2,1-2H3,(H-,35,37,38,39)/p+1. The molecule has 0 aliphatic rings. The Labute approximate surface area is 206 Å². The molecule has 39 heavy (non-hydrogen) atoms. The number of hydrogen-bond donors (Lipinski definition) is 2. The quantitative estimate of drug-likeness (QED) is 0.162. The van der Waals surface area contributed by atoms with Gasteiger partial charge in [-0.3, -0.25) is 9.59 Å². The minimum atomic E-state index is -8.77. The topological polar surface area (TPSA) is 66.4 Å². The maximum Gasteiger partial charge on any atom is 0.460 e. The van der Waals surface area contributed by atoms with Crippen LogP contribution in [0.2, 0.25) is 0 Å². The Bertz CT molecular complexity index is 899. The highest BCUT2D eigenvalue weighted by Crippen LogP contribution is 2.63. The van der Waals surface area contributed by atoms with E-state index in [9.17, 15) is 84.2 Å². The van der Waals surface area contributed by atoms with Crippen molar-refractivity contribution in [3.05, 3.63) is 0 Å². The van der Waals surface area contributed by atoms with Crippen LogP contribution in [0.15, 0.2) is 0 Å². The molecular weight excluding hydrogens is 603 g/mol. The molecule has 0 aliphatic heterocycles. The van der Waals surface area contributed by atoms with E-state index in [4.69, 9.17) is 5.11 Å². The normalized spacial score (nSPS) is 15.4. The summed E-state index contributed by atoms with van der Waals surface area (Å²) in [6.45, 7) is -1.49. The fourth-order valence-corrected chi connectivity index (χ4v) is 2.64. The molecule has 0 unspecified atom stereocenters. The first-order valence-electron chi connectivity index (χ1n) is 9.83. The zero-order chi connectivity index (χ0) is 31.9. The van der Waals surface area contributed by atoms with Crippen LogP contribution in [0.5, 0.6) is 0 Å². The molecule has 0 aromatic heterocycles. The van der Waals surface area contributed by atoms with Gasteiger partial charge in [0.2, 0.25) is 0 Å². The van der Waals surface area contributed by atoms with Crippen molar-refractivity contribution in [1.29, 1.82) is 0 Å². The fraction of sp³-hybridized carbons (Fsp3) is 0.882. The van der Waals surface area contributed by atoms with Gasteiger partial charge in [-0.15, -0.1) is 0 Å². The predicted molar refractivity (Wildman–Crippen MR) is 92.4 cm³/mol. The van der Waals surface area contributed by atoms with E-state index >= 15 is 0 Å². The number of halogens is 17. The number of aliphatic carboxylic acids is 1. The summed E-state index contributed by atoms with van der Waals surface area (Å²) in [7, 11) is 2.68. The average Bonchev–Trinajstić information content (AvgIpc) is 2.73. The molecule has 232 valence electrons. The monoisotopic (exact) mass is 621 g/mol. The van der Waals surface area contributed by atoms with E-state index in [1.54, 1.807) is 0 Å². The van der Waals surface area contributed by atoms with Gasteiger partial charge in [0.15, 0.2) is 0 Å². The predicted octanol–water partition coefficient (Wildman–Crippen LogP) is 5.05. The third kappa shape index (κ3) is 6.23. The van der Waals surface area contributed by atoms with Crippen LogP contribution in [-0.4, -0.2) is 103 Å². The van der Waals surface area contributed by atoms with Gasteiger partial charge < -0.3 is 14.9 Å². The first-order valence-corrected chi connectivity index (χ1v) is 9.83. The zero-order valence-electron chi connectivity index (χ0n) is 19.2. The summed E-state index contributed by atoms with van der Waals surface area (Å²) < 4.78 is 224. The van der Waals surface area contributed by atoms with Gasteiger partial charge in [-0.1, -0.05) is 0 Å². The molecule has 0 heterocycles. The van der Waals surface area contributed by atoms with Crippen molar-refractivity contribution in [2.45, 2.75) is 60.5 Å². The Morgan fingerprint density at radius 1 is 0.615 bits per heavy atom. The molecule has 0 rings (SSSR count). The lowest BCUT2D eigenvalue weighted by Crippen LogP contribution is -2.75. The van der Waals surface area contributed by atoms with E-state index in [2.05, 4.69) is 0 Å². The molecule has 0 radical (unpaired) electrons. The SMILES string of the molecule is C[N+](C)(CCCNC(=O)C(F)(F)C(F)(F)C(F)(F)C(F)(F)C(F)(F)C(F)(F)C(F)(F)C(F)(F)F)CCC(=O)O. The number of hydrogen-bond acceptors (Lipinski definition) is 2. The van der Waals surface area contributed by atoms with Gasteiger partial charge in [0, 0.05) is 13.0 Å². The Kier molecular flexibility index (Phi) is 9.98. The fourth-order valence-electron chi connectivity index (χ4n) is 2.64. The zero-order valence-corrected chi connectivity index (χ0v) is 19.2. The minimum Gasteiger partial charge on any atom is -0.481 e. The van der Waals surface area contributed by atoms with Crippen molar-refractivity contribution in [1.82, 2.24) is 5.32 Å². The lowest BCUT2D eigenvalue weighted by atomic mass is 9.89. The van der Waals surface area contributed by atoms with E-state index in [0.29, 0.717) is 0 Å². The van der Waals surface area contributed by atoms with Crippen molar-refractivity contribution < 1.29 is 93.8 Å². The van der Waals surface area contributed by atoms with Crippen LogP contribution in [0.3, 0.4) is 0 Å². The summed E-state index contributed by atoms with van der Waals surface area (Å²) in [5, 5.41) is 9.39. The van der Waals surface area contributed by atoms with Crippen molar-refractivity contribution in [2.75, 3.05) is 33.7 Å². The van der Waals surface area contributed by atoms with E-state index < -0.39 is 78.9 Å². The highest BCUT2D eigenvalue weighted by Gasteiger charge is 2.95. The number of nitrogens with one attached hydrogen (secondary N) is 1. The molecule has 0 aliphatic carbocycles. The van der Waals surface area contributed by atoms with Crippen molar-refractivity contribution in [3.8, 4) is 0 Å². The largest absolute Gasteiger partial charge is 0.481 e. The van der Waals surface area contributed by atoms with E-state index in [1.165, 1.54) is 14.1 Å². The molecule has 22 heteroatoms. The molecule has 0 saturated carbocycles. The molecule has 0 saturated heterocycles. The van der Waals surface area contributed by atoms with Gasteiger partial charge >= 0.3 is 53.6 Å². The molecule has 0 fully saturated rings. The number of carbonyl (C=O) groups excluding carboxylic acids is 1. The summed E-state index contributed by atoms with van der Waals surface area (Å²) in [4.78, 5) is 21.9. The first kappa shape index (κ1) is 36.7.